The molecule has 2 heterocycles. The van der Waals surface area contributed by atoms with Gasteiger partial charge in [-0.1, -0.05) is 13.8 Å². The van der Waals surface area contributed by atoms with Crippen molar-refractivity contribution in [3.63, 3.8) is 0 Å². The molecule has 0 aromatic rings. The first-order valence-corrected chi connectivity index (χ1v) is 10.1. The zero-order valence-electron chi connectivity index (χ0n) is 11.8. The van der Waals surface area contributed by atoms with Crippen molar-refractivity contribution in [2.24, 2.45) is 17.8 Å². The lowest BCUT2D eigenvalue weighted by Gasteiger charge is -2.39. The number of hydrogen-bond donors (Lipinski definition) is 0. The molecule has 106 valence electrons. The van der Waals surface area contributed by atoms with Gasteiger partial charge >= 0.3 is 0 Å². The SMILES string of the molecule is CC(C)CN1CCC(C2COP(C)(=S)OC2)CC1. The molecule has 0 aromatic heterocycles. The van der Waals surface area contributed by atoms with Crippen LogP contribution in [0.1, 0.15) is 26.7 Å². The van der Waals surface area contributed by atoms with Crippen LogP contribution in [-0.4, -0.2) is 44.4 Å². The van der Waals surface area contributed by atoms with E-state index >= 15 is 0 Å². The van der Waals surface area contributed by atoms with E-state index in [0.29, 0.717) is 5.92 Å². The van der Waals surface area contributed by atoms with E-state index in [1.807, 2.05) is 6.66 Å². The summed E-state index contributed by atoms with van der Waals surface area (Å²) in [7, 11) is 0. The van der Waals surface area contributed by atoms with E-state index in [9.17, 15) is 0 Å². The second-order valence-electron chi connectivity index (χ2n) is 6.15. The van der Waals surface area contributed by atoms with Crippen molar-refractivity contribution in [3.8, 4) is 0 Å². The average molecular weight is 291 g/mol. The summed E-state index contributed by atoms with van der Waals surface area (Å²) in [6.07, 6.45) is 2.58. The Morgan fingerprint density at radius 1 is 1.17 bits per heavy atom. The monoisotopic (exact) mass is 291 g/mol. The lowest BCUT2D eigenvalue weighted by Crippen LogP contribution is -2.40. The molecule has 0 aromatic carbocycles. The van der Waals surface area contributed by atoms with E-state index in [2.05, 4.69) is 18.7 Å². The highest BCUT2D eigenvalue weighted by molar-refractivity contribution is 8.09. The minimum Gasteiger partial charge on any atom is -0.329 e. The summed E-state index contributed by atoms with van der Waals surface area (Å²) in [5, 5.41) is 0. The molecule has 0 aliphatic carbocycles. The molecule has 2 rings (SSSR count). The van der Waals surface area contributed by atoms with Gasteiger partial charge in [-0.25, -0.2) is 0 Å². The van der Waals surface area contributed by atoms with Crippen molar-refractivity contribution >= 4 is 18.3 Å². The van der Waals surface area contributed by atoms with E-state index in [-0.39, 0.29) is 0 Å². The van der Waals surface area contributed by atoms with E-state index < -0.39 is 6.49 Å². The van der Waals surface area contributed by atoms with Gasteiger partial charge in [0.1, 0.15) is 0 Å². The van der Waals surface area contributed by atoms with Gasteiger partial charge in [0.2, 0.25) is 0 Å². The summed E-state index contributed by atoms with van der Waals surface area (Å²) in [6, 6.07) is 0. The van der Waals surface area contributed by atoms with E-state index in [1.165, 1.54) is 32.5 Å². The molecule has 3 nitrogen and oxygen atoms in total. The maximum atomic E-state index is 5.71. The first-order chi connectivity index (χ1) is 8.46. The molecule has 2 saturated heterocycles. The van der Waals surface area contributed by atoms with Gasteiger partial charge in [0.25, 0.3) is 0 Å². The molecule has 0 N–H and O–H groups in total. The predicted octanol–water partition coefficient (Wildman–Crippen LogP) is 2.96. The molecule has 5 heteroatoms. The number of piperidine rings is 1. The van der Waals surface area contributed by atoms with Gasteiger partial charge in [-0.2, -0.15) is 0 Å². The maximum absolute atomic E-state index is 5.71. The summed E-state index contributed by atoms with van der Waals surface area (Å²) in [4.78, 5) is 2.59. The van der Waals surface area contributed by atoms with Crippen LogP contribution in [0.5, 0.6) is 0 Å². The zero-order chi connectivity index (χ0) is 13.2. The molecule has 0 bridgehead atoms. The van der Waals surface area contributed by atoms with Crippen molar-refractivity contribution < 1.29 is 9.05 Å². The third kappa shape index (κ3) is 4.28. The van der Waals surface area contributed by atoms with Gasteiger partial charge < -0.3 is 13.9 Å². The molecule has 2 aliphatic heterocycles. The molecule has 0 radical (unpaired) electrons. The van der Waals surface area contributed by atoms with Crippen molar-refractivity contribution in [1.82, 2.24) is 4.90 Å². The number of nitrogens with zero attached hydrogens (tertiary/aromatic N) is 1. The van der Waals surface area contributed by atoms with Gasteiger partial charge in [-0.15, -0.1) is 0 Å². The van der Waals surface area contributed by atoms with Crippen LogP contribution in [0.4, 0.5) is 0 Å². The fraction of sp³-hybridized carbons (Fsp3) is 1.00. The standard InChI is InChI=1S/C13H26NO2PS/c1-11(2)8-14-6-4-12(5-7-14)13-9-15-17(3,18)16-10-13/h11-13H,4-10H2,1-3H3. The highest BCUT2D eigenvalue weighted by Crippen LogP contribution is 2.49. The third-order valence-electron chi connectivity index (χ3n) is 3.97. The van der Waals surface area contributed by atoms with E-state index in [0.717, 1.165) is 25.0 Å². The number of hydrogen-bond acceptors (Lipinski definition) is 4. The lowest BCUT2D eigenvalue weighted by atomic mass is 9.85. The zero-order valence-corrected chi connectivity index (χ0v) is 13.5. The summed E-state index contributed by atoms with van der Waals surface area (Å²) in [6.45, 7) is 9.99. The highest BCUT2D eigenvalue weighted by atomic mass is 32.5. The summed E-state index contributed by atoms with van der Waals surface area (Å²) in [5.74, 6) is 2.11. The third-order valence-corrected chi connectivity index (χ3v) is 5.84. The minimum absolute atomic E-state index is 0.572. The first-order valence-electron chi connectivity index (χ1n) is 7.05. The van der Waals surface area contributed by atoms with Crippen LogP contribution < -0.4 is 0 Å². The summed E-state index contributed by atoms with van der Waals surface area (Å²) >= 11 is 5.27. The molecule has 2 aliphatic rings. The van der Waals surface area contributed by atoms with Crippen LogP contribution in [0, 0.1) is 17.8 Å². The maximum Gasteiger partial charge on any atom is 0.185 e. The number of likely N-dealkylation sites (tertiary alicyclic amines) is 1. The molecule has 0 unspecified atom stereocenters. The Morgan fingerprint density at radius 3 is 2.22 bits per heavy atom. The number of rotatable bonds is 3. The molecule has 0 spiro atoms. The van der Waals surface area contributed by atoms with E-state index in [4.69, 9.17) is 20.9 Å². The minimum atomic E-state index is -1.88. The first kappa shape index (κ1) is 14.9. The predicted molar refractivity (Wildman–Crippen MR) is 79.6 cm³/mol. The smallest absolute Gasteiger partial charge is 0.185 e. The topological polar surface area (TPSA) is 21.7 Å². The molecular formula is C13H26NO2PS. The van der Waals surface area contributed by atoms with Crippen LogP contribution in [0.2, 0.25) is 0 Å². The normalized spacial score (nSPS) is 36.1. The van der Waals surface area contributed by atoms with Crippen LogP contribution >= 0.6 is 6.49 Å². The Balaban J connectivity index is 1.75. The second kappa shape index (κ2) is 6.32. The summed E-state index contributed by atoms with van der Waals surface area (Å²) in [5.41, 5.74) is 0. The van der Waals surface area contributed by atoms with Crippen molar-refractivity contribution in [2.75, 3.05) is 39.5 Å². The molecule has 18 heavy (non-hydrogen) atoms. The van der Waals surface area contributed by atoms with Crippen LogP contribution in [0.3, 0.4) is 0 Å². The largest absolute Gasteiger partial charge is 0.329 e. The van der Waals surface area contributed by atoms with Crippen LogP contribution in [-0.2, 0) is 20.9 Å². The van der Waals surface area contributed by atoms with Gasteiger partial charge in [0.15, 0.2) is 6.49 Å². The van der Waals surface area contributed by atoms with Gasteiger partial charge in [0.05, 0.1) is 13.2 Å². The molecule has 0 atom stereocenters. The average Bonchev–Trinajstić information content (AvgIpc) is 2.30. The van der Waals surface area contributed by atoms with Gasteiger partial charge in [-0.05, 0) is 49.6 Å². The van der Waals surface area contributed by atoms with Crippen molar-refractivity contribution in [3.05, 3.63) is 0 Å². The fourth-order valence-corrected chi connectivity index (χ4v) is 4.31. The van der Waals surface area contributed by atoms with Crippen molar-refractivity contribution in [1.29, 1.82) is 0 Å². The van der Waals surface area contributed by atoms with Gasteiger partial charge in [-0.3, -0.25) is 0 Å². The second-order valence-corrected chi connectivity index (χ2v) is 10.2. The molecule has 0 saturated carbocycles. The van der Waals surface area contributed by atoms with Crippen molar-refractivity contribution in [2.45, 2.75) is 26.7 Å². The Kier molecular flexibility index (Phi) is 5.24. The highest BCUT2D eigenvalue weighted by Gasteiger charge is 2.32. The molecule has 0 amide bonds. The summed E-state index contributed by atoms with van der Waals surface area (Å²) < 4.78 is 11.4. The molecule has 2 fully saturated rings. The fourth-order valence-electron chi connectivity index (χ4n) is 2.94. The van der Waals surface area contributed by atoms with Crippen LogP contribution in [0.25, 0.3) is 0 Å². The quantitative estimate of drug-likeness (QED) is 0.745. The van der Waals surface area contributed by atoms with Crippen LogP contribution in [0.15, 0.2) is 0 Å². The van der Waals surface area contributed by atoms with E-state index in [1.54, 1.807) is 0 Å². The molecular weight excluding hydrogens is 265 g/mol. The Hall–Kier alpha value is 0.530. The Bertz CT molecular complexity index is 304. The van der Waals surface area contributed by atoms with Gasteiger partial charge in [0, 0.05) is 19.1 Å². The Morgan fingerprint density at radius 2 is 1.72 bits per heavy atom. The lowest BCUT2D eigenvalue weighted by molar-refractivity contribution is 0.0493. The Labute approximate surface area is 116 Å².